The van der Waals surface area contributed by atoms with Gasteiger partial charge in [0.2, 0.25) is 11.8 Å². The SMILES string of the molecule is C=CCCC(=O)N[C@H](COC)[C@H](OC(=O)[C@H]1[C@@H]2O[C@@]3(CC2Br)[C@@H]1C(=O)N([C@@H](CC)CO)[C@@H]3C(=O)N(CC=C)c1ccc(Cl)cc1)c1ccccc1. The van der Waals surface area contributed by atoms with Gasteiger partial charge in [-0.2, -0.15) is 0 Å². The van der Waals surface area contributed by atoms with E-state index < -0.39 is 77.0 Å². The number of hydrogen-bond donors (Lipinski definition) is 2. The number of nitrogens with zero attached hydrogens (tertiary/aromatic N) is 2. The number of hydrogen-bond acceptors (Lipinski definition) is 8. The number of likely N-dealkylation sites (tertiary alicyclic amines) is 1. The van der Waals surface area contributed by atoms with Crippen molar-refractivity contribution in [2.24, 2.45) is 11.8 Å². The number of alkyl halides is 1. The van der Waals surface area contributed by atoms with E-state index in [-0.39, 0.29) is 31.9 Å². The molecular weight excluding hydrogens is 742 g/mol. The number of aliphatic hydroxyl groups is 1. The van der Waals surface area contributed by atoms with Crippen LogP contribution in [0.2, 0.25) is 5.02 Å². The third-order valence-electron chi connectivity index (χ3n) is 10.0. The molecule has 3 aliphatic heterocycles. The Morgan fingerprint density at radius 2 is 1.88 bits per heavy atom. The molecule has 2 aromatic carbocycles. The van der Waals surface area contributed by atoms with E-state index in [1.54, 1.807) is 60.7 Å². The van der Waals surface area contributed by atoms with Crippen molar-refractivity contribution in [2.75, 3.05) is 31.8 Å². The van der Waals surface area contributed by atoms with Crippen LogP contribution in [-0.4, -0.2) is 95.2 Å². The Bertz CT molecular complexity index is 1590. The van der Waals surface area contributed by atoms with Gasteiger partial charge in [0.05, 0.1) is 43.2 Å². The second-order valence-corrected chi connectivity index (χ2v) is 14.7. The van der Waals surface area contributed by atoms with Crippen LogP contribution in [0.15, 0.2) is 79.9 Å². The van der Waals surface area contributed by atoms with E-state index in [1.807, 2.05) is 13.0 Å². The molecule has 2 N–H and O–H groups in total. The number of ether oxygens (including phenoxy) is 3. The van der Waals surface area contributed by atoms with Crippen LogP contribution in [0.5, 0.6) is 0 Å². The maximum Gasteiger partial charge on any atom is 0.313 e. The zero-order valence-corrected chi connectivity index (χ0v) is 31.1. The summed E-state index contributed by atoms with van der Waals surface area (Å²) in [5.74, 6) is -4.03. The Morgan fingerprint density at radius 1 is 1.18 bits per heavy atom. The Labute approximate surface area is 312 Å². The highest BCUT2D eigenvalue weighted by Crippen LogP contribution is 2.61. The second kappa shape index (κ2) is 16.9. The maximum absolute atomic E-state index is 14.8. The molecule has 5 rings (SSSR count). The van der Waals surface area contributed by atoms with Crippen molar-refractivity contribution in [3.8, 4) is 0 Å². The number of carbonyl (C=O) groups excluding carboxylic acids is 4. The number of aliphatic hydroxyl groups excluding tert-OH is 1. The summed E-state index contributed by atoms with van der Waals surface area (Å²) in [7, 11) is 1.49. The molecule has 274 valence electrons. The molecule has 51 heavy (non-hydrogen) atoms. The third-order valence-corrected chi connectivity index (χ3v) is 11.1. The number of amides is 3. The molecule has 2 aromatic rings. The Morgan fingerprint density at radius 3 is 2.49 bits per heavy atom. The molecule has 0 aromatic heterocycles. The number of allylic oxidation sites excluding steroid dienone is 1. The van der Waals surface area contributed by atoms with Gasteiger partial charge >= 0.3 is 5.97 Å². The molecule has 3 amide bonds. The number of halogens is 2. The van der Waals surface area contributed by atoms with Gasteiger partial charge in [0.15, 0.2) is 0 Å². The number of anilines is 1. The molecule has 9 atom stereocenters. The number of rotatable bonds is 17. The first-order chi connectivity index (χ1) is 24.6. The summed E-state index contributed by atoms with van der Waals surface area (Å²) >= 11 is 9.87. The van der Waals surface area contributed by atoms with Crippen molar-refractivity contribution in [2.45, 2.75) is 73.4 Å². The number of fused-ring (bicyclic) bond motifs is 1. The van der Waals surface area contributed by atoms with Crippen LogP contribution in [0.25, 0.3) is 0 Å². The molecule has 3 aliphatic rings. The van der Waals surface area contributed by atoms with E-state index in [4.69, 9.17) is 25.8 Å². The lowest BCUT2D eigenvalue weighted by molar-refractivity contribution is -0.163. The van der Waals surface area contributed by atoms with Crippen molar-refractivity contribution < 1.29 is 38.5 Å². The normalized spacial score (nSPS) is 26.6. The van der Waals surface area contributed by atoms with Gasteiger partial charge in [-0.05, 0) is 49.1 Å². The van der Waals surface area contributed by atoms with E-state index >= 15 is 0 Å². The highest BCUT2D eigenvalue weighted by atomic mass is 79.9. The smallest absolute Gasteiger partial charge is 0.313 e. The lowest BCUT2D eigenvalue weighted by Crippen LogP contribution is -2.59. The maximum atomic E-state index is 14.8. The Hall–Kier alpha value is -3.55. The molecule has 3 heterocycles. The van der Waals surface area contributed by atoms with Gasteiger partial charge < -0.3 is 34.4 Å². The van der Waals surface area contributed by atoms with E-state index in [0.29, 0.717) is 29.1 Å². The standard InChI is InChI=1S/C38H45BrClN3O8/c1-5-8-14-29(45)41-28(22-49-4)32(23-12-10-9-11-13-23)50-37(48)30-31-35(46)43(25(7-3)21-44)34(38(31)20-27(39)33(30)51-38)36(47)42(19-6-2)26-17-15-24(40)16-18-26/h5-6,9-13,15-18,25,27-28,30-34,44H,1-2,7-8,14,19-22H2,3-4H3,(H,41,45)/t25-,27?,28+,30+,31-,32+,33+,34+,38-/m0/s1. The molecular formula is C38H45BrClN3O8. The van der Waals surface area contributed by atoms with Crippen LogP contribution in [0, 0.1) is 11.8 Å². The van der Waals surface area contributed by atoms with Crippen LogP contribution in [-0.2, 0) is 33.4 Å². The Balaban J connectivity index is 1.54. The van der Waals surface area contributed by atoms with Gasteiger partial charge in [0, 0.05) is 35.6 Å². The topological polar surface area (TPSA) is 135 Å². The zero-order valence-electron chi connectivity index (χ0n) is 28.8. The molecule has 1 unspecified atom stereocenters. The molecule has 3 fully saturated rings. The summed E-state index contributed by atoms with van der Waals surface area (Å²) in [4.78, 5) is 59.5. The summed E-state index contributed by atoms with van der Waals surface area (Å²) in [6.45, 7) is 9.12. The first-order valence-electron chi connectivity index (χ1n) is 17.1. The minimum Gasteiger partial charge on any atom is -0.455 e. The van der Waals surface area contributed by atoms with Crippen LogP contribution in [0.1, 0.15) is 44.3 Å². The lowest BCUT2D eigenvalue weighted by Gasteiger charge is -2.39. The van der Waals surface area contributed by atoms with Crippen molar-refractivity contribution in [1.29, 1.82) is 0 Å². The fourth-order valence-corrected chi connectivity index (χ4v) is 8.84. The van der Waals surface area contributed by atoms with Gasteiger partial charge in [-0.25, -0.2) is 0 Å². The van der Waals surface area contributed by atoms with Crippen molar-refractivity contribution in [3.05, 3.63) is 90.5 Å². The van der Waals surface area contributed by atoms with E-state index in [9.17, 15) is 24.3 Å². The van der Waals surface area contributed by atoms with Gasteiger partial charge in [0.1, 0.15) is 17.7 Å². The summed E-state index contributed by atoms with van der Waals surface area (Å²) in [6.07, 6.45) is 2.74. The predicted octanol–water partition coefficient (Wildman–Crippen LogP) is 4.76. The fourth-order valence-electron chi connectivity index (χ4n) is 7.77. The number of methoxy groups -OCH3 is 1. The fraction of sp³-hybridized carbons (Fsp3) is 0.474. The van der Waals surface area contributed by atoms with E-state index in [2.05, 4.69) is 34.4 Å². The summed E-state index contributed by atoms with van der Waals surface area (Å²) in [6, 6.07) is 13.1. The molecule has 11 nitrogen and oxygen atoms in total. The second-order valence-electron chi connectivity index (χ2n) is 13.1. The van der Waals surface area contributed by atoms with Crippen molar-refractivity contribution in [3.63, 3.8) is 0 Å². The van der Waals surface area contributed by atoms with Crippen LogP contribution in [0.4, 0.5) is 5.69 Å². The van der Waals surface area contributed by atoms with Crippen molar-refractivity contribution >= 4 is 56.9 Å². The van der Waals surface area contributed by atoms with E-state index in [0.717, 1.165) is 0 Å². The van der Waals surface area contributed by atoms with Crippen LogP contribution in [0.3, 0.4) is 0 Å². The summed E-state index contributed by atoms with van der Waals surface area (Å²) in [5, 5.41) is 13.9. The largest absolute Gasteiger partial charge is 0.455 e. The first-order valence-corrected chi connectivity index (χ1v) is 18.4. The highest BCUT2D eigenvalue weighted by Gasteiger charge is 2.77. The molecule has 0 radical (unpaired) electrons. The van der Waals surface area contributed by atoms with E-state index in [1.165, 1.54) is 16.9 Å². The van der Waals surface area contributed by atoms with Crippen molar-refractivity contribution in [1.82, 2.24) is 10.2 Å². The number of esters is 1. The molecule has 3 saturated heterocycles. The molecule has 1 spiro atoms. The number of carbonyl (C=O) groups is 4. The highest BCUT2D eigenvalue weighted by molar-refractivity contribution is 9.09. The monoisotopic (exact) mass is 785 g/mol. The summed E-state index contributed by atoms with van der Waals surface area (Å²) < 4.78 is 18.5. The van der Waals surface area contributed by atoms with Gasteiger partial charge in [-0.1, -0.05) is 76.9 Å². The molecule has 13 heteroatoms. The first kappa shape index (κ1) is 38.7. The average Bonchev–Trinajstić information content (AvgIpc) is 3.73. The minimum atomic E-state index is -1.40. The summed E-state index contributed by atoms with van der Waals surface area (Å²) in [5.41, 5.74) is -0.247. The molecule has 2 bridgehead atoms. The van der Waals surface area contributed by atoms with Crippen LogP contribution >= 0.6 is 27.5 Å². The quantitative estimate of drug-likeness (QED) is 0.133. The molecule has 0 aliphatic carbocycles. The van der Waals surface area contributed by atoms with Gasteiger partial charge in [-0.3, -0.25) is 19.2 Å². The Kier molecular flexibility index (Phi) is 12.8. The van der Waals surface area contributed by atoms with Crippen LogP contribution < -0.4 is 10.2 Å². The average molecular weight is 787 g/mol. The third kappa shape index (κ3) is 7.52. The zero-order chi connectivity index (χ0) is 36.9. The number of benzene rings is 2. The van der Waals surface area contributed by atoms with Gasteiger partial charge in [0.25, 0.3) is 5.91 Å². The number of nitrogens with one attached hydrogen (secondary N) is 1. The van der Waals surface area contributed by atoms with Gasteiger partial charge in [-0.15, -0.1) is 13.2 Å². The molecule has 0 saturated carbocycles. The lowest BCUT2D eigenvalue weighted by atomic mass is 9.70. The predicted molar refractivity (Wildman–Crippen MR) is 196 cm³/mol. The minimum absolute atomic E-state index is 0.0352.